The van der Waals surface area contributed by atoms with E-state index in [9.17, 15) is 0 Å². The lowest BCUT2D eigenvalue weighted by atomic mass is 10.2. The van der Waals surface area contributed by atoms with Crippen molar-refractivity contribution >= 4 is 0 Å². The monoisotopic (exact) mass is 266 g/mol. The molecule has 1 aromatic heterocycles. The van der Waals surface area contributed by atoms with Gasteiger partial charge in [-0.15, -0.1) is 0 Å². The minimum Gasteiger partial charge on any atom is -0.468 e. The average molecular weight is 266 g/mol. The smallest absolute Gasteiger partial charge is 0.118 e. The molecule has 0 aliphatic heterocycles. The highest BCUT2D eigenvalue weighted by Crippen LogP contribution is 2.12. The van der Waals surface area contributed by atoms with Crippen LogP contribution in [0.15, 0.2) is 16.7 Å². The Hall–Kier alpha value is -0.800. The molecule has 0 unspecified atom stereocenters. The first-order chi connectivity index (χ1) is 9.30. The zero-order valence-electron chi connectivity index (χ0n) is 12.9. The second-order valence-corrected chi connectivity index (χ2v) is 5.18. The first-order valence-electron chi connectivity index (χ1n) is 7.79. The molecule has 0 aromatic carbocycles. The number of hydrogen-bond acceptors (Lipinski definition) is 3. The van der Waals surface area contributed by atoms with Crippen LogP contribution in [0.2, 0.25) is 0 Å². The van der Waals surface area contributed by atoms with Gasteiger partial charge in [-0.2, -0.15) is 0 Å². The summed E-state index contributed by atoms with van der Waals surface area (Å²) in [5, 5.41) is 3.33. The van der Waals surface area contributed by atoms with E-state index in [1.807, 2.05) is 6.26 Å². The molecule has 0 fully saturated rings. The zero-order chi connectivity index (χ0) is 13.9. The number of rotatable bonds is 11. The van der Waals surface area contributed by atoms with Crippen molar-refractivity contribution in [2.75, 3.05) is 19.6 Å². The number of furan rings is 1. The summed E-state index contributed by atoms with van der Waals surface area (Å²) in [6.45, 7) is 11.8. The number of unbranched alkanes of at least 4 members (excludes halogenated alkanes) is 2. The van der Waals surface area contributed by atoms with Crippen molar-refractivity contribution < 1.29 is 4.42 Å². The van der Waals surface area contributed by atoms with E-state index in [4.69, 9.17) is 4.42 Å². The molecule has 1 heterocycles. The minimum absolute atomic E-state index is 0.907. The van der Waals surface area contributed by atoms with Crippen molar-refractivity contribution in [1.29, 1.82) is 0 Å². The maximum absolute atomic E-state index is 5.67. The van der Waals surface area contributed by atoms with Crippen molar-refractivity contribution in [2.45, 2.75) is 59.5 Å². The van der Waals surface area contributed by atoms with Gasteiger partial charge >= 0.3 is 0 Å². The van der Waals surface area contributed by atoms with Crippen LogP contribution in [0.4, 0.5) is 0 Å². The van der Waals surface area contributed by atoms with Crippen LogP contribution in [0.25, 0.3) is 0 Å². The molecule has 0 saturated heterocycles. The Morgan fingerprint density at radius 1 is 1.11 bits per heavy atom. The second kappa shape index (κ2) is 10.0. The van der Waals surface area contributed by atoms with Gasteiger partial charge in [0.1, 0.15) is 5.76 Å². The molecule has 0 spiro atoms. The predicted octanol–water partition coefficient (Wildman–Crippen LogP) is 3.79. The van der Waals surface area contributed by atoms with Crippen molar-refractivity contribution in [1.82, 2.24) is 10.2 Å². The van der Waals surface area contributed by atoms with Crippen LogP contribution in [-0.2, 0) is 13.1 Å². The summed E-state index contributed by atoms with van der Waals surface area (Å²) in [5.41, 5.74) is 1.25. The molecule has 19 heavy (non-hydrogen) atoms. The van der Waals surface area contributed by atoms with Gasteiger partial charge in [-0.25, -0.2) is 0 Å². The van der Waals surface area contributed by atoms with E-state index < -0.39 is 0 Å². The third-order valence-corrected chi connectivity index (χ3v) is 3.32. The summed E-state index contributed by atoms with van der Waals surface area (Å²) in [6.07, 6.45) is 6.94. The molecule has 0 amide bonds. The van der Waals surface area contributed by atoms with Crippen molar-refractivity contribution in [2.24, 2.45) is 0 Å². The van der Waals surface area contributed by atoms with Crippen LogP contribution < -0.4 is 5.32 Å². The van der Waals surface area contributed by atoms with Gasteiger partial charge in [0.2, 0.25) is 0 Å². The van der Waals surface area contributed by atoms with E-state index in [0.29, 0.717) is 0 Å². The quantitative estimate of drug-likeness (QED) is 0.660. The topological polar surface area (TPSA) is 28.4 Å². The highest BCUT2D eigenvalue weighted by molar-refractivity contribution is 5.12. The maximum Gasteiger partial charge on any atom is 0.118 e. The highest BCUT2D eigenvalue weighted by Gasteiger charge is 2.08. The molecule has 3 nitrogen and oxygen atoms in total. The van der Waals surface area contributed by atoms with E-state index in [1.54, 1.807) is 0 Å². The van der Waals surface area contributed by atoms with E-state index >= 15 is 0 Å². The van der Waals surface area contributed by atoms with E-state index in [1.165, 1.54) is 44.3 Å². The molecular weight excluding hydrogens is 236 g/mol. The first kappa shape index (κ1) is 16.3. The van der Waals surface area contributed by atoms with Gasteiger partial charge in [0.25, 0.3) is 0 Å². The average Bonchev–Trinajstić information content (AvgIpc) is 2.87. The third-order valence-electron chi connectivity index (χ3n) is 3.32. The van der Waals surface area contributed by atoms with Crippen LogP contribution in [0.5, 0.6) is 0 Å². The van der Waals surface area contributed by atoms with Gasteiger partial charge in [0, 0.05) is 12.1 Å². The van der Waals surface area contributed by atoms with Gasteiger partial charge < -0.3 is 9.73 Å². The van der Waals surface area contributed by atoms with Crippen LogP contribution in [0.1, 0.15) is 57.8 Å². The molecule has 0 aliphatic rings. The SMILES string of the molecule is CCCCN(CCCC)Cc1cc(CNCC)co1. The summed E-state index contributed by atoms with van der Waals surface area (Å²) in [6, 6.07) is 2.19. The second-order valence-electron chi connectivity index (χ2n) is 5.18. The first-order valence-corrected chi connectivity index (χ1v) is 7.79. The highest BCUT2D eigenvalue weighted by atomic mass is 16.3. The summed E-state index contributed by atoms with van der Waals surface area (Å²) in [5.74, 6) is 1.10. The standard InChI is InChI=1S/C16H30N2O/c1-4-7-9-18(10-8-5-2)13-16-11-15(14-19-16)12-17-6-3/h11,14,17H,4-10,12-13H2,1-3H3. The lowest BCUT2D eigenvalue weighted by Crippen LogP contribution is -2.25. The molecule has 0 radical (unpaired) electrons. The molecule has 110 valence electrons. The van der Waals surface area contributed by atoms with Crippen LogP contribution >= 0.6 is 0 Å². The lowest BCUT2D eigenvalue weighted by Gasteiger charge is -2.20. The molecule has 1 aromatic rings. The molecule has 0 bridgehead atoms. The molecule has 1 rings (SSSR count). The van der Waals surface area contributed by atoms with Gasteiger partial charge in [-0.3, -0.25) is 4.90 Å². The van der Waals surface area contributed by atoms with Crippen LogP contribution in [-0.4, -0.2) is 24.5 Å². The molecule has 0 aliphatic carbocycles. The third kappa shape index (κ3) is 6.79. The fourth-order valence-electron chi connectivity index (χ4n) is 2.12. The number of nitrogens with one attached hydrogen (secondary N) is 1. The molecule has 0 atom stereocenters. The zero-order valence-corrected chi connectivity index (χ0v) is 12.9. The summed E-state index contributed by atoms with van der Waals surface area (Å²) < 4.78 is 5.67. The molecule has 3 heteroatoms. The lowest BCUT2D eigenvalue weighted by molar-refractivity contribution is 0.237. The Morgan fingerprint density at radius 3 is 2.37 bits per heavy atom. The van der Waals surface area contributed by atoms with Gasteiger partial charge in [-0.1, -0.05) is 33.6 Å². The van der Waals surface area contributed by atoms with Crippen LogP contribution in [0, 0.1) is 0 Å². The molecule has 1 N–H and O–H groups in total. The number of hydrogen-bond donors (Lipinski definition) is 1. The van der Waals surface area contributed by atoms with Crippen LogP contribution in [0.3, 0.4) is 0 Å². The van der Waals surface area contributed by atoms with Crippen molar-refractivity contribution in [3.05, 3.63) is 23.7 Å². The fraction of sp³-hybridized carbons (Fsp3) is 0.750. The molecule has 0 saturated carbocycles. The van der Waals surface area contributed by atoms with E-state index in [-0.39, 0.29) is 0 Å². The number of nitrogens with zero attached hydrogens (tertiary/aromatic N) is 1. The summed E-state index contributed by atoms with van der Waals surface area (Å²) in [4.78, 5) is 2.52. The predicted molar refractivity (Wildman–Crippen MR) is 81.2 cm³/mol. The Balaban J connectivity index is 2.44. The Kier molecular flexibility index (Phi) is 8.59. The van der Waals surface area contributed by atoms with Gasteiger partial charge in [0.15, 0.2) is 0 Å². The Labute approximate surface area is 118 Å². The van der Waals surface area contributed by atoms with Gasteiger partial charge in [0.05, 0.1) is 12.8 Å². The normalized spacial score (nSPS) is 11.4. The van der Waals surface area contributed by atoms with Crippen molar-refractivity contribution in [3.8, 4) is 0 Å². The van der Waals surface area contributed by atoms with E-state index in [2.05, 4.69) is 37.1 Å². The summed E-state index contributed by atoms with van der Waals surface area (Å²) >= 11 is 0. The maximum atomic E-state index is 5.67. The van der Waals surface area contributed by atoms with Crippen molar-refractivity contribution in [3.63, 3.8) is 0 Å². The minimum atomic E-state index is 0.907. The largest absolute Gasteiger partial charge is 0.468 e. The fourth-order valence-corrected chi connectivity index (χ4v) is 2.12. The molecular formula is C16H30N2O. The Morgan fingerprint density at radius 2 is 1.79 bits per heavy atom. The Bertz CT molecular complexity index is 314. The summed E-state index contributed by atoms with van der Waals surface area (Å²) in [7, 11) is 0. The van der Waals surface area contributed by atoms with Gasteiger partial charge in [-0.05, 0) is 38.5 Å². The van der Waals surface area contributed by atoms with E-state index in [0.717, 1.165) is 25.4 Å².